The summed E-state index contributed by atoms with van der Waals surface area (Å²) in [6.45, 7) is 14.8. The molecule has 0 aliphatic carbocycles. The second-order valence-corrected chi connectivity index (χ2v) is 28.3. The number of carbonyl (C=O) groups excluding carboxylic acids is 12. The van der Waals surface area contributed by atoms with Gasteiger partial charge < -0.3 is 60.5 Å². The Labute approximate surface area is 576 Å². The van der Waals surface area contributed by atoms with E-state index in [1.165, 1.54) is 83.9 Å². The first-order chi connectivity index (χ1) is 44.4. The van der Waals surface area contributed by atoms with Crippen molar-refractivity contribution in [2.75, 3.05) is 82.1 Å². The molecule has 528 valence electrons. The van der Waals surface area contributed by atoms with E-state index in [9.17, 15) is 52.7 Å². The number of benzene rings is 2. The fourth-order valence-corrected chi connectivity index (χ4v) is 12.2. The van der Waals surface area contributed by atoms with Gasteiger partial charge in [0, 0.05) is 90.3 Å². The smallest absolute Gasteiger partial charge is 0.246 e. The van der Waals surface area contributed by atoms with Crippen LogP contribution in [-0.2, 0) is 70.4 Å². The van der Waals surface area contributed by atoms with Gasteiger partial charge >= 0.3 is 0 Å². The molecule has 2 saturated heterocycles. The molecule has 95 heavy (non-hydrogen) atoms. The lowest BCUT2D eigenvalue weighted by Gasteiger charge is -2.39. The summed E-state index contributed by atoms with van der Waals surface area (Å²) < 4.78 is 0. The first kappa shape index (κ1) is 80.4. The van der Waals surface area contributed by atoms with E-state index >= 15 is 4.79 Å². The average molecular weight is 1390 g/mol. The van der Waals surface area contributed by atoms with E-state index < -0.39 is 151 Å². The zero-order valence-electron chi connectivity index (χ0n) is 58.4. The molecule has 2 aliphatic heterocycles. The highest BCUT2D eigenvalue weighted by molar-refractivity contribution is 6.34. The van der Waals surface area contributed by atoms with E-state index in [4.69, 9.17) is 34.8 Å². The molecular weight excluding hydrogens is 1280 g/mol. The number of nitrogens with zero attached hydrogens (tertiary/aromatic N) is 8. The standard InChI is InChI=1S/C68H103Cl3N12O12/c1-17-19-23-49-63(91)82(16)68(8,9)67(95)74-51(30-41(3)4)62(90)81(15)54(65(93)83-28-21-20-22-29-83)37-56(85)79(13)52(31-42(5)6)61(89)75-59(43(7)18-2)66(94)78(12)39-57(86)76(10)40-58(87)80(14)53(35-44-24-26-46(69)27-25-44)64(92)77(11)38-55(84)72-50(60(88)73-49)34-45-32-47(70)36-48(71)33-45/h24-27,32-33,36,41-43,49-54,59H,17-23,28-31,34-35,37-40H2,1-16H3,(H,72,84)(H,73,88)(H,74,95)(H,75,89)/t43-,49-,50-,51-,52-,53-,54?,59-/m0/s1. The van der Waals surface area contributed by atoms with Crippen LogP contribution in [-0.4, -0.2) is 240 Å². The van der Waals surface area contributed by atoms with Crippen molar-refractivity contribution in [2.45, 2.75) is 187 Å². The maximum Gasteiger partial charge on any atom is 0.246 e. The summed E-state index contributed by atoms with van der Waals surface area (Å²) >= 11 is 19.1. The van der Waals surface area contributed by atoms with Crippen molar-refractivity contribution in [3.05, 3.63) is 68.7 Å². The highest BCUT2D eigenvalue weighted by Crippen LogP contribution is 2.25. The van der Waals surface area contributed by atoms with Crippen LogP contribution in [0.4, 0.5) is 0 Å². The number of nitrogens with one attached hydrogen (secondary N) is 4. The van der Waals surface area contributed by atoms with E-state index in [0.717, 1.165) is 26.0 Å². The third kappa shape index (κ3) is 23.1. The number of hydrogen-bond acceptors (Lipinski definition) is 12. The number of halogens is 3. The minimum atomic E-state index is -1.72. The topological polar surface area (TPSA) is 279 Å². The minimum absolute atomic E-state index is 0.0681. The molecular formula is C68H103Cl3N12O12. The zero-order chi connectivity index (χ0) is 71.5. The third-order valence-corrected chi connectivity index (χ3v) is 18.8. The normalized spacial score (nSPS) is 23.8. The van der Waals surface area contributed by atoms with Crippen molar-refractivity contribution in [1.29, 1.82) is 0 Å². The lowest BCUT2D eigenvalue weighted by Crippen LogP contribution is -2.63. The van der Waals surface area contributed by atoms with Crippen LogP contribution >= 0.6 is 34.8 Å². The summed E-state index contributed by atoms with van der Waals surface area (Å²) in [6, 6.07) is 2.06. The van der Waals surface area contributed by atoms with E-state index in [2.05, 4.69) is 21.3 Å². The van der Waals surface area contributed by atoms with Crippen molar-refractivity contribution in [3.63, 3.8) is 0 Å². The molecule has 2 heterocycles. The lowest BCUT2D eigenvalue weighted by molar-refractivity contribution is -0.152. The van der Waals surface area contributed by atoms with Crippen LogP contribution in [0.1, 0.15) is 138 Å². The van der Waals surface area contributed by atoms with Crippen LogP contribution in [0.2, 0.25) is 15.1 Å². The van der Waals surface area contributed by atoms with Gasteiger partial charge in [-0.1, -0.05) is 115 Å². The van der Waals surface area contributed by atoms with Crippen molar-refractivity contribution in [3.8, 4) is 0 Å². The first-order valence-corrected chi connectivity index (χ1v) is 34.1. The molecule has 8 atom stereocenters. The van der Waals surface area contributed by atoms with Gasteiger partial charge in [-0.15, -0.1) is 0 Å². The maximum absolute atomic E-state index is 15.1. The van der Waals surface area contributed by atoms with Crippen molar-refractivity contribution in [1.82, 2.24) is 60.5 Å². The van der Waals surface area contributed by atoms with E-state index in [1.54, 1.807) is 48.2 Å². The fourth-order valence-electron chi connectivity index (χ4n) is 11.5. The van der Waals surface area contributed by atoms with Crippen LogP contribution in [0.25, 0.3) is 0 Å². The molecule has 1 unspecified atom stereocenters. The average Bonchev–Trinajstić information content (AvgIpc) is 0.820. The second-order valence-electron chi connectivity index (χ2n) is 27.0. The van der Waals surface area contributed by atoms with Crippen LogP contribution in [0.3, 0.4) is 0 Å². The van der Waals surface area contributed by atoms with Gasteiger partial charge in [-0.05, 0) is 112 Å². The van der Waals surface area contributed by atoms with Gasteiger partial charge in [0.05, 0.1) is 26.1 Å². The van der Waals surface area contributed by atoms with Crippen LogP contribution in [0.5, 0.6) is 0 Å². The maximum atomic E-state index is 15.1. The number of unbranched alkanes of at least 4 members (excludes halogenated alkanes) is 1. The van der Waals surface area contributed by atoms with Gasteiger partial charge in [0.15, 0.2) is 0 Å². The Balaban J connectivity index is 1.90. The van der Waals surface area contributed by atoms with Gasteiger partial charge in [0.2, 0.25) is 70.9 Å². The van der Waals surface area contributed by atoms with Crippen molar-refractivity contribution >= 4 is 106 Å². The number of amides is 12. The number of carbonyl (C=O) groups is 12. The Hall–Kier alpha value is -7.05. The fraction of sp³-hybridized carbons (Fsp3) is 0.647. The van der Waals surface area contributed by atoms with Gasteiger partial charge in [0.25, 0.3) is 0 Å². The molecule has 0 bridgehead atoms. The van der Waals surface area contributed by atoms with Crippen molar-refractivity contribution < 1.29 is 57.5 Å². The molecule has 4 N–H and O–H groups in total. The largest absolute Gasteiger partial charge is 0.343 e. The monoisotopic (exact) mass is 1380 g/mol. The molecule has 2 aliphatic rings. The number of piperidine rings is 1. The Morgan fingerprint density at radius 2 is 1.12 bits per heavy atom. The Morgan fingerprint density at radius 1 is 0.547 bits per heavy atom. The summed E-state index contributed by atoms with van der Waals surface area (Å²) in [5.74, 6) is -9.22. The molecule has 0 saturated carbocycles. The molecule has 0 aromatic heterocycles. The van der Waals surface area contributed by atoms with Gasteiger partial charge in [0.1, 0.15) is 47.8 Å². The third-order valence-electron chi connectivity index (χ3n) is 18.1. The number of rotatable bonds is 14. The molecule has 2 aromatic rings. The molecule has 12 amide bonds. The summed E-state index contributed by atoms with van der Waals surface area (Å²) in [6.07, 6.45) is 3.11. The number of likely N-dealkylation sites (N-methyl/N-ethyl adjacent to an activating group) is 7. The molecule has 4 rings (SSSR count). The Bertz CT molecular complexity index is 3030. The van der Waals surface area contributed by atoms with E-state index in [1.807, 2.05) is 41.5 Å². The predicted octanol–water partition coefficient (Wildman–Crippen LogP) is 5.21. The highest BCUT2D eigenvalue weighted by Gasteiger charge is 2.44. The van der Waals surface area contributed by atoms with Crippen LogP contribution in [0, 0.1) is 17.8 Å². The zero-order valence-corrected chi connectivity index (χ0v) is 60.7. The number of hydrogen-bond donors (Lipinski definition) is 4. The summed E-state index contributed by atoms with van der Waals surface area (Å²) in [5, 5.41) is 12.2. The Kier molecular flexibility index (Phi) is 31.2. The van der Waals surface area contributed by atoms with Gasteiger partial charge in [-0.25, -0.2) is 0 Å². The summed E-state index contributed by atoms with van der Waals surface area (Å²) in [5.41, 5.74) is -0.709. The van der Waals surface area contributed by atoms with Crippen LogP contribution in [0.15, 0.2) is 42.5 Å². The molecule has 27 heteroatoms. The van der Waals surface area contributed by atoms with E-state index in [-0.39, 0.29) is 54.0 Å². The predicted molar refractivity (Wildman–Crippen MR) is 365 cm³/mol. The molecule has 0 spiro atoms. The Morgan fingerprint density at radius 3 is 1.68 bits per heavy atom. The molecule has 24 nitrogen and oxygen atoms in total. The van der Waals surface area contributed by atoms with Crippen LogP contribution < -0.4 is 21.3 Å². The van der Waals surface area contributed by atoms with Gasteiger partial charge in [-0.2, -0.15) is 0 Å². The van der Waals surface area contributed by atoms with Gasteiger partial charge in [-0.3, -0.25) is 57.5 Å². The lowest BCUT2D eigenvalue weighted by atomic mass is 9.95. The number of likely N-dealkylation sites (tertiary alicyclic amines) is 1. The van der Waals surface area contributed by atoms with Crippen molar-refractivity contribution in [2.24, 2.45) is 17.8 Å². The highest BCUT2D eigenvalue weighted by atomic mass is 35.5. The SMILES string of the molecule is CCCC[C@@H]1NC(=O)[C@H](Cc2cc(Cl)cc(Cl)c2)NC(=O)CN(C)C(=O)[C@H](Cc2ccc(Cl)cc2)N(C)C(=O)CN(C)C(=O)CN(C)C(=O)[C@H]([C@@H](C)CC)NC(=O)[C@H](CC(C)C)N(C)C(=O)CC(C(=O)N2CCCCC2)N(C)C(=O)[C@H](CC(C)C)NC(=O)C(C)(C)N(C)C1=O. The first-order valence-electron chi connectivity index (χ1n) is 32.9. The molecule has 2 aromatic carbocycles. The quantitative estimate of drug-likeness (QED) is 0.190. The minimum Gasteiger partial charge on any atom is -0.343 e. The summed E-state index contributed by atoms with van der Waals surface area (Å²) in [4.78, 5) is 186. The van der Waals surface area contributed by atoms with E-state index in [0.29, 0.717) is 61.3 Å². The molecule has 2 fully saturated rings. The summed E-state index contributed by atoms with van der Waals surface area (Å²) in [7, 11) is 9.67. The molecule has 0 radical (unpaired) electrons. The second kappa shape index (κ2) is 36.9.